The highest BCUT2D eigenvalue weighted by Gasteiger charge is 2.43. The zero-order chi connectivity index (χ0) is 19.6. The number of morpholine rings is 1. The number of amides is 2. The Morgan fingerprint density at radius 2 is 1.96 bits per heavy atom. The van der Waals surface area contributed by atoms with Gasteiger partial charge >= 0.3 is 0 Å². The lowest BCUT2D eigenvalue weighted by molar-refractivity contribution is -0.150. The van der Waals surface area contributed by atoms with Crippen LogP contribution in [0.2, 0.25) is 0 Å². The van der Waals surface area contributed by atoms with Crippen LogP contribution in [0, 0.1) is 6.92 Å². The monoisotopic (exact) mass is 382 g/mol. The van der Waals surface area contributed by atoms with Gasteiger partial charge in [0.1, 0.15) is 12.4 Å². The van der Waals surface area contributed by atoms with Gasteiger partial charge in [-0.3, -0.25) is 9.59 Å². The van der Waals surface area contributed by atoms with Gasteiger partial charge < -0.3 is 19.1 Å². The number of likely N-dealkylation sites (tertiary alicyclic amines) is 1. The van der Waals surface area contributed by atoms with Crippen LogP contribution in [0.4, 0.5) is 5.69 Å². The summed E-state index contributed by atoms with van der Waals surface area (Å²) in [5, 5.41) is 0. The molecule has 0 saturated carbocycles. The van der Waals surface area contributed by atoms with E-state index in [2.05, 4.69) is 4.98 Å². The summed E-state index contributed by atoms with van der Waals surface area (Å²) in [6.45, 7) is 4.57. The topological polar surface area (TPSA) is 67.7 Å². The molecule has 2 aliphatic heterocycles. The molecule has 28 heavy (non-hydrogen) atoms. The highest BCUT2D eigenvalue weighted by molar-refractivity contribution is 5.95. The second-order valence-corrected chi connectivity index (χ2v) is 7.59. The molecule has 0 bridgehead atoms. The van der Waals surface area contributed by atoms with Crippen molar-refractivity contribution in [2.75, 3.05) is 31.1 Å². The molecule has 0 unspecified atom stereocenters. The number of para-hydroxylation sites is 1. The summed E-state index contributed by atoms with van der Waals surface area (Å²) in [5.74, 6) is 1.08. The molecule has 148 valence electrons. The van der Waals surface area contributed by atoms with Crippen molar-refractivity contribution >= 4 is 17.5 Å². The molecular formula is C21H26N4O3. The number of anilines is 1. The molecule has 2 fully saturated rings. The molecule has 2 saturated heterocycles. The van der Waals surface area contributed by atoms with E-state index in [1.165, 1.54) is 0 Å². The number of ether oxygens (including phenoxy) is 1. The minimum absolute atomic E-state index is 0.00830. The zero-order valence-corrected chi connectivity index (χ0v) is 16.2. The minimum atomic E-state index is -0.360. The van der Waals surface area contributed by atoms with Crippen LogP contribution < -0.4 is 4.90 Å². The number of rotatable bonds is 4. The van der Waals surface area contributed by atoms with Crippen molar-refractivity contribution < 1.29 is 14.3 Å². The van der Waals surface area contributed by atoms with E-state index in [9.17, 15) is 9.59 Å². The molecule has 7 heteroatoms. The van der Waals surface area contributed by atoms with Crippen molar-refractivity contribution in [1.82, 2.24) is 14.5 Å². The van der Waals surface area contributed by atoms with Crippen LogP contribution in [-0.4, -0.2) is 58.1 Å². The molecular weight excluding hydrogens is 356 g/mol. The van der Waals surface area contributed by atoms with Gasteiger partial charge in [0.2, 0.25) is 5.91 Å². The van der Waals surface area contributed by atoms with Gasteiger partial charge in [-0.05, 0) is 31.9 Å². The van der Waals surface area contributed by atoms with Gasteiger partial charge in [-0.15, -0.1) is 0 Å². The number of carbonyl (C=O) groups is 2. The number of aromatic nitrogens is 2. The normalized spacial score (nSPS) is 19.2. The molecule has 0 radical (unpaired) electrons. The van der Waals surface area contributed by atoms with Gasteiger partial charge in [-0.2, -0.15) is 0 Å². The van der Waals surface area contributed by atoms with Gasteiger partial charge in [-0.25, -0.2) is 4.98 Å². The number of benzene rings is 1. The summed E-state index contributed by atoms with van der Waals surface area (Å²) in [6.07, 6.45) is 5.63. The Morgan fingerprint density at radius 3 is 2.64 bits per heavy atom. The molecule has 1 spiro atoms. The Labute approximate surface area is 164 Å². The number of piperidine rings is 1. The van der Waals surface area contributed by atoms with Gasteiger partial charge in [0.25, 0.3) is 5.91 Å². The van der Waals surface area contributed by atoms with Gasteiger partial charge in [0.05, 0.1) is 12.1 Å². The minimum Gasteiger partial charge on any atom is -0.363 e. The maximum atomic E-state index is 12.6. The van der Waals surface area contributed by atoms with Crippen molar-refractivity contribution in [2.24, 2.45) is 0 Å². The molecule has 2 amide bonds. The van der Waals surface area contributed by atoms with Crippen LogP contribution in [0.25, 0.3) is 0 Å². The van der Waals surface area contributed by atoms with Crippen LogP contribution >= 0.6 is 0 Å². The summed E-state index contributed by atoms with van der Waals surface area (Å²) in [4.78, 5) is 32.9. The maximum Gasteiger partial charge on any atom is 0.253 e. The first kappa shape index (κ1) is 18.7. The van der Waals surface area contributed by atoms with E-state index >= 15 is 0 Å². The van der Waals surface area contributed by atoms with Crippen LogP contribution in [0.5, 0.6) is 0 Å². The second kappa shape index (κ2) is 7.75. The Balaban J connectivity index is 1.34. The summed E-state index contributed by atoms with van der Waals surface area (Å²) >= 11 is 0. The Hall–Kier alpha value is -2.67. The summed E-state index contributed by atoms with van der Waals surface area (Å²) < 4.78 is 7.99. The highest BCUT2D eigenvalue weighted by Crippen LogP contribution is 2.32. The van der Waals surface area contributed by atoms with Crippen molar-refractivity contribution in [2.45, 2.75) is 38.3 Å². The van der Waals surface area contributed by atoms with E-state index in [4.69, 9.17) is 4.74 Å². The standard InChI is InChI=1S/C21H26N4O3/c1-17-22-10-14-23(17)11-7-19(26)24-12-8-21(9-13-24)16-25(20(27)15-28-21)18-5-3-2-4-6-18/h2-6,10,14H,7-9,11-13,15-16H2,1H3. The van der Waals surface area contributed by atoms with Gasteiger partial charge in [0, 0.05) is 44.1 Å². The molecule has 0 N–H and O–H groups in total. The lowest BCUT2D eigenvalue weighted by Crippen LogP contribution is -2.59. The average Bonchev–Trinajstić information content (AvgIpc) is 3.14. The Morgan fingerprint density at radius 1 is 1.21 bits per heavy atom. The fraction of sp³-hybridized carbons (Fsp3) is 0.476. The van der Waals surface area contributed by atoms with Crippen molar-refractivity contribution in [1.29, 1.82) is 0 Å². The quantitative estimate of drug-likeness (QED) is 0.811. The number of aryl methyl sites for hydroxylation is 2. The predicted octanol–water partition coefficient (Wildman–Crippen LogP) is 2.01. The zero-order valence-electron chi connectivity index (χ0n) is 16.2. The highest BCUT2D eigenvalue weighted by atomic mass is 16.5. The first-order chi connectivity index (χ1) is 13.6. The predicted molar refractivity (Wildman–Crippen MR) is 105 cm³/mol. The lowest BCUT2D eigenvalue weighted by atomic mass is 9.89. The molecule has 3 heterocycles. The SMILES string of the molecule is Cc1nccn1CCC(=O)N1CCC2(CC1)CN(c1ccccc1)C(=O)CO2. The smallest absolute Gasteiger partial charge is 0.253 e. The summed E-state index contributed by atoms with van der Waals surface area (Å²) in [6, 6.07) is 9.73. The molecule has 7 nitrogen and oxygen atoms in total. The average molecular weight is 382 g/mol. The first-order valence-corrected chi connectivity index (χ1v) is 9.81. The number of nitrogens with zero attached hydrogens (tertiary/aromatic N) is 4. The van der Waals surface area contributed by atoms with Crippen LogP contribution in [0.3, 0.4) is 0 Å². The third-order valence-corrected chi connectivity index (χ3v) is 5.83. The number of hydrogen-bond donors (Lipinski definition) is 0. The van der Waals surface area contributed by atoms with Crippen LogP contribution in [0.15, 0.2) is 42.7 Å². The van der Waals surface area contributed by atoms with Gasteiger partial charge in [0.15, 0.2) is 0 Å². The molecule has 4 rings (SSSR count). The largest absolute Gasteiger partial charge is 0.363 e. The van der Waals surface area contributed by atoms with Crippen LogP contribution in [0.1, 0.15) is 25.1 Å². The van der Waals surface area contributed by atoms with E-state index < -0.39 is 0 Å². The van der Waals surface area contributed by atoms with E-state index in [-0.39, 0.29) is 24.0 Å². The maximum absolute atomic E-state index is 12.6. The van der Waals surface area contributed by atoms with Gasteiger partial charge in [-0.1, -0.05) is 18.2 Å². The molecule has 0 atom stereocenters. The third kappa shape index (κ3) is 3.80. The van der Waals surface area contributed by atoms with Crippen molar-refractivity contribution in [3.63, 3.8) is 0 Å². The number of imidazole rings is 1. The fourth-order valence-electron chi connectivity index (χ4n) is 4.04. The summed E-state index contributed by atoms with van der Waals surface area (Å²) in [5.41, 5.74) is 0.547. The van der Waals surface area contributed by atoms with Crippen LogP contribution in [-0.2, 0) is 20.9 Å². The fourth-order valence-corrected chi connectivity index (χ4v) is 4.04. The van der Waals surface area contributed by atoms with E-state index in [1.807, 2.05) is 57.8 Å². The Bertz CT molecular complexity index is 840. The molecule has 2 aromatic rings. The second-order valence-electron chi connectivity index (χ2n) is 7.59. The summed E-state index contributed by atoms with van der Waals surface area (Å²) in [7, 11) is 0. The lowest BCUT2D eigenvalue weighted by Gasteiger charge is -2.47. The number of carbonyl (C=O) groups excluding carboxylic acids is 2. The molecule has 2 aliphatic rings. The number of hydrogen-bond acceptors (Lipinski definition) is 4. The molecule has 1 aromatic carbocycles. The Kier molecular flexibility index (Phi) is 5.17. The molecule has 0 aliphatic carbocycles. The first-order valence-electron chi connectivity index (χ1n) is 9.81. The third-order valence-electron chi connectivity index (χ3n) is 5.83. The van der Waals surface area contributed by atoms with E-state index in [1.54, 1.807) is 6.20 Å². The van der Waals surface area contributed by atoms with E-state index in [0.717, 1.165) is 24.4 Å². The van der Waals surface area contributed by atoms with Crippen molar-refractivity contribution in [3.8, 4) is 0 Å². The van der Waals surface area contributed by atoms with Crippen molar-refractivity contribution in [3.05, 3.63) is 48.5 Å². The molecule has 1 aromatic heterocycles. The van der Waals surface area contributed by atoms with E-state index in [0.29, 0.717) is 32.6 Å².